The van der Waals surface area contributed by atoms with Gasteiger partial charge in [0.15, 0.2) is 9.84 Å². The van der Waals surface area contributed by atoms with E-state index in [9.17, 15) is 8.42 Å². The number of sulfone groups is 1. The van der Waals surface area contributed by atoms with Gasteiger partial charge in [-0.15, -0.1) is 6.58 Å². The number of hydrogen-bond donors (Lipinski definition) is 0. The van der Waals surface area contributed by atoms with Crippen molar-refractivity contribution in [3.05, 3.63) is 66.7 Å². The quantitative estimate of drug-likeness (QED) is 0.544. The zero-order chi connectivity index (χ0) is 16.0. The van der Waals surface area contributed by atoms with Crippen LogP contribution in [-0.2, 0) is 9.84 Å². The van der Waals surface area contributed by atoms with E-state index in [1.807, 2.05) is 49.4 Å². The molecule has 3 heteroatoms. The molecule has 0 fully saturated rings. The lowest BCUT2D eigenvalue weighted by molar-refractivity contribution is 0.592. The normalized spacial score (nSPS) is 11.3. The first-order valence-electron chi connectivity index (χ1n) is 7.54. The van der Waals surface area contributed by atoms with Crippen LogP contribution in [0, 0.1) is 6.92 Å². The third kappa shape index (κ3) is 4.08. The summed E-state index contributed by atoms with van der Waals surface area (Å²) in [6.07, 6.45) is 4.20. The summed E-state index contributed by atoms with van der Waals surface area (Å²) in [6, 6.07) is 15.2. The third-order valence-corrected chi connectivity index (χ3v) is 5.51. The number of rotatable bonds is 7. The number of hydrogen-bond acceptors (Lipinski definition) is 2. The minimum Gasteiger partial charge on any atom is -0.224 e. The first-order chi connectivity index (χ1) is 10.5. The molecule has 0 N–H and O–H groups in total. The van der Waals surface area contributed by atoms with E-state index >= 15 is 0 Å². The second-order valence-corrected chi connectivity index (χ2v) is 7.54. The molecule has 0 amide bonds. The van der Waals surface area contributed by atoms with Gasteiger partial charge in [-0.1, -0.05) is 54.1 Å². The van der Waals surface area contributed by atoms with Crippen molar-refractivity contribution < 1.29 is 8.42 Å². The number of allylic oxidation sites excluding steroid dienone is 1. The van der Waals surface area contributed by atoms with Crippen molar-refractivity contribution in [3.63, 3.8) is 0 Å². The zero-order valence-corrected chi connectivity index (χ0v) is 13.8. The SMILES string of the molecule is C=CCCCCS(=O)(=O)c1ccccc1-c1ccc(C)cc1. The molecule has 0 atom stereocenters. The standard InChI is InChI=1S/C19H22O2S/c1-3-4-5-8-15-22(20,21)19-10-7-6-9-18(19)17-13-11-16(2)12-14-17/h3,6-7,9-14H,1,4-5,8,15H2,2H3. The molecule has 0 aliphatic rings. The van der Waals surface area contributed by atoms with E-state index in [-0.39, 0.29) is 5.75 Å². The summed E-state index contributed by atoms with van der Waals surface area (Å²) in [4.78, 5) is 0.428. The van der Waals surface area contributed by atoms with Gasteiger partial charge in [0.05, 0.1) is 10.6 Å². The highest BCUT2D eigenvalue weighted by Gasteiger charge is 2.18. The average molecular weight is 314 g/mol. The smallest absolute Gasteiger partial charge is 0.178 e. The van der Waals surface area contributed by atoms with E-state index in [0.29, 0.717) is 11.3 Å². The second-order valence-electron chi connectivity index (χ2n) is 5.47. The van der Waals surface area contributed by atoms with Crippen LogP contribution in [0.1, 0.15) is 24.8 Å². The van der Waals surface area contributed by atoms with Gasteiger partial charge in [-0.05, 0) is 37.8 Å². The predicted octanol–water partition coefficient (Wildman–Crippen LogP) is 4.79. The Hall–Kier alpha value is -1.87. The summed E-state index contributed by atoms with van der Waals surface area (Å²) in [5.74, 6) is 0.184. The molecule has 22 heavy (non-hydrogen) atoms. The first-order valence-corrected chi connectivity index (χ1v) is 9.19. The Labute approximate surface area is 133 Å². The number of unbranched alkanes of at least 4 members (excludes halogenated alkanes) is 2. The predicted molar refractivity (Wildman–Crippen MR) is 92.7 cm³/mol. The van der Waals surface area contributed by atoms with Gasteiger partial charge in [0.1, 0.15) is 0 Å². The summed E-state index contributed by atoms with van der Waals surface area (Å²) in [5, 5.41) is 0. The molecule has 2 rings (SSSR count). The van der Waals surface area contributed by atoms with Crippen LogP contribution in [0.3, 0.4) is 0 Å². The third-order valence-electron chi connectivity index (χ3n) is 3.66. The highest BCUT2D eigenvalue weighted by molar-refractivity contribution is 7.91. The Bertz CT molecular complexity index is 728. The molecular weight excluding hydrogens is 292 g/mol. The Morgan fingerprint density at radius 3 is 2.36 bits per heavy atom. The second kappa shape index (κ2) is 7.41. The van der Waals surface area contributed by atoms with Crippen molar-refractivity contribution in [2.45, 2.75) is 31.1 Å². The maximum absolute atomic E-state index is 12.6. The summed E-state index contributed by atoms with van der Waals surface area (Å²) in [6.45, 7) is 5.68. The van der Waals surface area contributed by atoms with Crippen molar-refractivity contribution in [2.24, 2.45) is 0 Å². The zero-order valence-electron chi connectivity index (χ0n) is 13.0. The van der Waals surface area contributed by atoms with E-state index in [1.165, 1.54) is 0 Å². The van der Waals surface area contributed by atoms with Crippen LogP contribution >= 0.6 is 0 Å². The van der Waals surface area contributed by atoms with Crippen molar-refractivity contribution in [1.82, 2.24) is 0 Å². The van der Waals surface area contributed by atoms with Gasteiger partial charge in [-0.2, -0.15) is 0 Å². The molecule has 116 valence electrons. The van der Waals surface area contributed by atoms with E-state index in [0.717, 1.165) is 29.5 Å². The van der Waals surface area contributed by atoms with Crippen LogP contribution in [0.15, 0.2) is 66.1 Å². The topological polar surface area (TPSA) is 34.1 Å². The van der Waals surface area contributed by atoms with Crippen LogP contribution in [0.2, 0.25) is 0 Å². The van der Waals surface area contributed by atoms with Crippen LogP contribution in [0.4, 0.5) is 0 Å². The van der Waals surface area contributed by atoms with Crippen molar-refractivity contribution in [2.75, 3.05) is 5.75 Å². The summed E-state index contributed by atoms with van der Waals surface area (Å²) >= 11 is 0. The van der Waals surface area contributed by atoms with Gasteiger partial charge in [-0.25, -0.2) is 8.42 Å². The minimum atomic E-state index is -3.26. The Morgan fingerprint density at radius 1 is 1.00 bits per heavy atom. The molecule has 0 aliphatic carbocycles. The van der Waals surface area contributed by atoms with Gasteiger partial charge in [0.2, 0.25) is 0 Å². The fraction of sp³-hybridized carbons (Fsp3) is 0.263. The maximum atomic E-state index is 12.6. The molecule has 0 aliphatic heterocycles. The van der Waals surface area contributed by atoms with E-state index in [1.54, 1.807) is 12.1 Å². The first kappa shape index (κ1) is 16.5. The number of benzene rings is 2. The van der Waals surface area contributed by atoms with Crippen LogP contribution < -0.4 is 0 Å². The highest BCUT2D eigenvalue weighted by atomic mass is 32.2. The summed E-state index contributed by atoms with van der Waals surface area (Å²) in [5.41, 5.74) is 2.88. The fourth-order valence-electron chi connectivity index (χ4n) is 2.40. The lowest BCUT2D eigenvalue weighted by Gasteiger charge is -2.11. The molecule has 0 spiro atoms. The van der Waals surface area contributed by atoms with Gasteiger partial charge in [-0.3, -0.25) is 0 Å². The molecule has 0 radical (unpaired) electrons. The van der Waals surface area contributed by atoms with E-state index in [2.05, 4.69) is 6.58 Å². The Balaban J connectivity index is 2.31. The molecule has 0 saturated carbocycles. The lowest BCUT2D eigenvalue weighted by Crippen LogP contribution is -2.08. The Morgan fingerprint density at radius 2 is 1.68 bits per heavy atom. The van der Waals surface area contributed by atoms with E-state index < -0.39 is 9.84 Å². The number of aryl methyl sites for hydroxylation is 1. The average Bonchev–Trinajstić information content (AvgIpc) is 2.52. The van der Waals surface area contributed by atoms with Crippen LogP contribution in [0.25, 0.3) is 11.1 Å². The van der Waals surface area contributed by atoms with Gasteiger partial charge < -0.3 is 0 Å². The molecule has 2 aromatic rings. The molecule has 2 nitrogen and oxygen atoms in total. The molecule has 0 heterocycles. The molecule has 0 bridgehead atoms. The Kier molecular flexibility index (Phi) is 5.56. The van der Waals surface area contributed by atoms with Crippen LogP contribution in [-0.4, -0.2) is 14.2 Å². The van der Waals surface area contributed by atoms with Crippen molar-refractivity contribution in [3.8, 4) is 11.1 Å². The van der Waals surface area contributed by atoms with Crippen LogP contribution in [0.5, 0.6) is 0 Å². The highest BCUT2D eigenvalue weighted by Crippen LogP contribution is 2.28. The van der Waals surface area contributed by atoms with Crippen molar-refractivity contribution >= 4 is 9.84 Å². The minimum absolute atomic E-state index is 0.184. The molecule has 0 saturated heterocycles. The van der Waals surface area contributed by atoms with Gasteiger partial charge in [0.25, 0.3) is 0 Å². The molecular formula is C19H22O2S. The monoisotopic (exact) mass is 314 g/mol. The lowest BCUT2D eigenvalue weighted by atomic mass is 10.0. The largest absolute Gasteiger partial charge is 0.224 e. The van der Waals surface area contributed by atoms with Gasteiger partial charge in [0, 0.05) is 5.56 Å². The summed E-state index contributed by atoms with van der Waals surface area (Å²) < 4.78 is 25.3. The molecule has 2 aromatic carbocycles. The maximum Gasteiger partial charge on any atom is 0.178 e. The fourth-order valence-corrected chi connectivity index (χ4v) is 4.01. The summed E-state index contributed by atoms with van der Waals surface area (Å²) in [7, 11) is -3.26. The molecule has 0 aromatic heterocycles. The van der Waals surface area contributed by atoms with Crippen molar-refractivity contribution in [1.29, 1.82) is 0 Å². The molecule has 0 unspecified atom stereocenters. The van der Waals surface area contributed by atoms with Gasteiger partial charge >= 0.3 is 0 Å². The van der Waals surface area contributed by atoms with E-state index in [4.69, 9.17) is 0 Å².